The predicted molar refractivity (Wildman–Crippen MR) is 82.6 cm³/mol. The van der Waals surface area contributed by atoms with E-state index in [1.807, 2.05) is 13.0 Å². The highest BCUT2D eigenvalue weighted by atomic mass is 16.5. The maximum atomic E-state index is 12.9. The third-order valence-corrected chi connectivity index (χ3v) is 4.21. The molecule has 2 amide bonds. The van der Waals surface area contributed by atoms with Crippen molar-refractivity contribution < 1.29 is 18.8 Å². The number of carbonyl (C=O) groups is 2. The minimum Gasteiger partial charge on any atom is -0.466 e. The molecule has 4 rings (SSSR count). The van der Waals surface area contributed by atoms with Gasteiger partial charge in [0.05, 0.1) is 11.6 Å². The molecule has 0 aliphatic carbocycles. The van der Waals surface area contributed by atoms with Gasteiger partial charge in [-0.15, -0.1) is 0 Å². The van der Waals surface area contributed by atoms with Gasteiger partial charge in [-0.2, -0.15) is 0 Å². The Hall–Kier alpha value is -2.90. The number of pyridine rings is 1. The number of carbonyl (C=O) groups excluding carboxylic acids is 2. The van der Waals surface area contributed by atoms with E-state index in [2.05, 4.69) is 15.5 Å². The van der Waals surface area contributed by atoms with Crippen LogP contribution in [0.25, 0.3) is 0 Å². The molecule has 2 aliphatic heterocycles. The van der Waals surface area contributed by atoms with Crippen molar-refractivity contribution in [3.8, 4) is 5.88 Å². The molecule has 0 saturated carbocycles. The second-order valence-corrected chi connectivity index (χ2v) is 5.93. The van der Waals surface area contributed by atoms with Crippen molar-refractivity contribution in [1.82, 2.24) is 15.0 Å². The molecule has 0 radical (unpaired) electrons. The third-order valence-electron chi connectivity index (χ3n) is 4.21. The van der Waals surface area contributed by atoms with E-state index in [9.17, 15) is 9.59 Å². The summed E-state index contributed by atoms with van der Waals surface area (Å²) in [5.74, 6) is 0.648. The summed E-state index contributed by atoms with van der Waals surface area (Å²) in [6.07, 6.45) is 3.22. The van der Waals surface area contributed by atoms with E-state index in [0.717, 1.165) is 24.3 Å². The third kappa shape index (κ3) is 2.49. The number of ether oxygens (including phenoxy) is 1. The van der Waals surface area contributed by atoms with Gasteiger partial charge in [0.2, 0.25) is 5.88 Å². The molecule has 8 heteroatoms. The molecule has 1 N–H and O–H groups in total. The van der Waals surface area contributed by atoms with Crippen molar-refractivity contribution in [2.45, 2.75) is 25.8 Å². The topological polar surface area (TPSA) is 97.6 Å². The zero-order valence-corrected chi connectivity index (χ0v) is 13.1. The van der Waals surface area contributed by atoms with E-state index in [1.165, 1.54) is 6.20 Å². The van der Waals surface area contributed by atoms with Gasteiger partial charge in [-0.1, -0.05) is 5.16 Å². The Morgan fingerprint density at radius 2 is 2.29 bits per heavy atom. The van der Waals surface area contributed by atoms with E-state index in [0.29, 0.717) is 23.7 Å². The summed E-state index contributed by atoms with van der Waals surface area (Å²) in [6.45, 7) is 2.41. The first-order valence-corrected chi connectivity index (χ1v) is 7.79. The number of aromatic nitrogens is 2. The molecule has 1 atom stereocenters. The van der Waals surface area contributed by atoms with Gasteiger partial charge in [0.25, 0.3) is 11.8 Å². The van der Waals surface area contributed by atoms with Crippen molar-refractivity contribution in [2.24, 2.45) is 0 Å². The lowest BCUT2D eigenvalue weighted by Crippen LogP contribution is -2.31. The summed E-state index contributed by atoms with van der Waals surface area (Å²) in [5.41, 5.74) is 1.60. The molecule has 0 bridgehead atoms. The van der Waals surface area contributed by atoms with Crippen LogP contribution in [-0.4, -0.2) is 40.0 Å². The summed E-state index contributed by atoms with van der Waals surface area (Å²) in [6, 6.07) is 3.36. The average molecular weight is 328 g/mol. The zero-order chi connectivity index (χ0) is 16.7. The number of nitrogens with one attached hydrogen (secondary N) is 1. The van der Waals surface area contributed by atoms with Crippen molar-refractivity contribution in [2.75, 3.05) is 18.5 Å². The Balaban J connectivity index is 1.61. The number of aryl methyl sites for hydroxylation is 1. The second-order valence-electron chi connectivity index (χ2n) is 5.93. The number of rotatable bonds is 2. The molecule has 2 aromatic rings. The fourth-order valence-electron chi connectivity index (χ4n) is 3.12. The number of likely N-dealkylation sites (tertiary alicyclic amines) is 1. The molecule has 24 heavy (non-hydrogen) atoms. The minimum absolute atomic E-state index is 0.0625. The number of hydrogen-bond donors (Lipinski definition) is 1. The fraction of sp³-hybridized carbons (Fsp3) is 0.375. The van der Waals surface area contributed by atoms with Gasteiger partial charge in [0.1, 0.15) is 17.1 Å². The second kappa shape index (κ2) is 5.63. The van der Waals surface area contributed by atoms with Crippen LogP contribution in [-0.2, 0) is 4.79 Å². The predicted octanol–water partition coefficient (Wildman–Crippen LogP) is 1.69. The Bertz CT molecular complexity index is 816. The lowest BCUT2D eigenvalue weighted by atomic mass is 10.1. The Morgan fingerprint density at radius 1 is 1.42 bits per heavy atom. The summed E-state index contributed by atoms with van der Waals surface area (Å²) < 4.78 is 10.4. The van der Waals surface area contributed by atoms with Crippen LogP contribution in [0, 0.1) is 6.92 Å². The molecule has 124 valence electrons. The molecule has 0 aromatic carbocycles. The Kier molecular flexibility index (Phi) is 3.44. The lowest BCUT2D eigenvalue weighted by molar-refractivity contribution is -0.118. The normalized spacial score (nSPS) is 19.6. The first-order valence-electron chi connectivity index (χ1n) is 7.79. The van der Waals surface area contributed by atoms with Gasteiger partial charge in [-0.05, 0) is 25.8 Å². The molecule has 4 heterocycles. The van der Waals surface area contributed by atoms with Crippen LogP contribution in [0.15, 0.2) is 22.9 Å². The number of fused-ring (bicyclic) bond motifs is 1. The van der Waals surface area contributed by atoms with Crippen molar-refractivity contribution in [1.29, 1.82) is 0 Å². The van der Waals surface area contributed by atoms with Gasteiger partial charge < -0.3 is 19.5 Å². The Labute approximate surface area is 137 Å². The molecule has 0 spiro atoms. The van der Waals surface area contributed by atoms with Crippen LogP contribution in [0.4, 0.5) is 5.69 Å². The Morgan fingerprint density at radius 3 is 3.08 bits per heavy atom. The van der Waals surface area contributed by atoms with Gasteiger partial charge >= 0.3 is 0 Å². The van der Waals surface area contributed by atoms with E-state index >= 15 is 0 Å². The summed E-state index contributed by atoms with van der Waals surface area (Å²) >= 11 is 0. The van der Waals surface area contributed by atoms with Crippen LogP contribution >= 0.6 is 0 Å². The maximum Gasteiger partial charge on any atom is 0.262 e. The standard InChI is InChI=1S/C16H16N4O4/c1-9-5-11(19-24-9)13-3-2-4-20(13)16(22)10-6-12-15(17-7-10)23-8-14(21)18-12/h5-7,13H,2-4,8H2,1H3,(H,18,21). The number of amides is 2. The smallest absolute Gasteiger partial charge is 0.262 e. The van der Waals surface area contributed by atoms with Gasteiger partial charge in [0.15, 0.2) is 6.61 Å². The molecule has 2 aromatic heterocycles. The minimum atomic E-state index is -0.258. The summed E-state index contributed by atoms with van der Waals surface area (Å²) in [5, 5.41) is 6.71. The van der Waals surface area contributed by atoms with E-state index in [4.69, 9.17) is 9.26 Å². The highest BCUT2D eigenvalue weighted by molar-refractivity contribution is 5.99. The molecule has 2 aliphatic rings. The van der Waals surface area contributed by atoms with E-state index in [1.54, 1.807) is 11.0 Å². The summed E-state index contributed by atoms with van der Waals surface area (Å²) in [4.78, 5) is 30.2. The van der Waals surface area contributed by atoms with Crippen LogP contribution in [0.5, 0.6) is 5.88 Å². The molecule has 1 unspecified atom stereocenters. The highest BCUT2D eigenvalue weighted by Crippen LogP contribution is 2.34. The molecule has 1 fully saturated rings. The molecule has 1 saturated heterocycles. The van der Waals surface area contributed by atoms with Gasteiger partial charge in [-0.25, -0.2) is 4.98 Å². The van der Waals surface area contributed by atoms with Crippen molar-refractivity contribution in [3.05, 3.63) is 35.3 Å². The first-order chi connectivity index (χ1) is 11.6. The van der Waals surface area contributed by atoms with Crippen molar-refractivity contribution in [3.63, 3.8) is 0 Å². The van der Waals surface area contributed by atoms with E-state index in [-0.39, 0.29) is 24.5 Å². The highest BCUT2D eigenvalue weighted by Gasteiger charge is 2.33. The molecular formula is C16H16N4O4. The lowest BCUT2D eigenvalue weighted by Gasteiger charge is -2.24. The van der Waals surface area contributed by atoms with E-state index < -0.39 is 0 Å². The van der Waals surface area contributed by atoms with Crippen LogP contribution < -0.4 is 10.1 Å². The van der Waals surface area contributed by atoms with Crippen LogP contribution in [0.1, 0.15) is 40.7 Å². The van der Waals surface area contributed by atoms with Crippen LogP contribution in [0.3, 0.4) is 0 Å². The first kappa shape index (κ1) is 14.7. The number of anilines is 1. The quantitative estimate of drug-likeness (QED) is 0.901. The number of nitrogens with zero attached hydrogens (tertiary/aromatic N) is 3. The molecular weight excluding hydrogens is 312 g/mol. The monoisotopic (exact) mass is 328 g/mol. The average Bonchev–Trinajstić information content (AvgIpc) is 3.22. The maximum absolute atomic E-state index is 12.9. The fourth-order valence-corrected chi connectivity index (χ4v) is 3.12. The zero-order valence-electron chi connectivity index (χ0n) is 13.1. The summed E-state index contributed by atoms with van der Waals surface area (Å²) in [7, 11) is 0. The van der Waals surface area contributed by atoms with Gasteiger partial charge in [-0.3, -0.25) is 9.59 Å². The SMILES string of the molecule is Cc1cc(C2CCCN2C(=O)c2cnc3c(c2)NC(=O)CO3)no1. The van der Waals surface area contributed by atoms with Gasteiger partial charge in [0, 0.05) is 18.8 Å². The largest absolute Gasteiger partial charge is 0.466 e. The van der Waals surface area contributed by atoms with Crippen molar-refractivity contribution >= 4 is 17.5 Å². The molecule has 8 nitrogen and oxygen atoms in total. The van der Waals surface area contributed by atoms with Crippen LogP contribution in [0.2, 0.25) is 0 Å². The number of hydrogen-bond acceptors (Lipinski definition) is 6.